The van der Waals surface area contributed by atoms with Gasteiger partial charge in [-0.1, -0.05) is 29.8 Å². The third kappa shape index (κ3) is 3.61. The van der Waals surface area contributed by atoms with Crippen LogP contribution in [-0.2, 0) is 0 Å². The fraction of sp³-hybridized carbons (Fsp3) is 0.562. The molecule has 21 heavy (non-hydrogen) atoms. The third-order valence-electron chi connectivity index (χ3n) is 3.69. The maximum Gasteiger partial charge on any atom is 0.128 e. The topological polar surface area (TPSA) is 21.1 Å². The summed E-state index contributed by atoms with van der Waals surface area (Å²) in [5, 5.41) is -0.111. The van der Waals surface area contributed by atoms with Crippen molar-refractivity contribution in [3.63, 3.8) is 0 Å². The summed E-state index contributed by atoms with van der Waals surface area (Å²) in [6, 6.07) is 6.60. The maximum atomic E-state index is 6.40. The van der Waals surface area contributed by atoms with E-state index in [1.807, 2.05) is 6.92 Å². The number of nitrogens with zero attached hydrogens (tertiary/aromatic N) is 3. The van der Waals surface area contributed by atoms with Gasteiger partial charge in [-0.15, -0.1) is 11.6 Å². The number of hydrogen-bond donors (Lipinski definition) is 0. The molecule has 0 aliphatic heterocycles. The molecule has 0 bridgehead atoms. The smallest absolute Gasteiger partial charge is 0.128 e. The molecule has 2 unspecified atom stereocenters. The molecular weight excluding hydrogens is 350 g/mol. The highest BCUT2D eigenvalue weighted by atomic mass is 79.9. The molecule has 0 aliphatic rings. The molecule has 0 aliphatic carbocycles. The van der Waals surface area contributed by atoms with Crippen LogP contribution in [-0.4, -0.2) is 35.1 Å². The lowest BCUT2D eigenvalue weighted by atomic mass is 10.0. The number of halogens is 2. The minimum Gasteiger partial charge on any atom is -0.322 e. The Balaban J connectivity index is 2.65. The summed E-state index contributed by atoms with van der Waals surface area (Å²) in [5.74, 6) is 1.45. The Hall–Kier alpha value is -0.580. The molecule has 116 valence electrons. The zero-order chi connectivity index (χ0) is 15.7. The molecule has 0 saturated carbocycles. The molecule has 0 fully saturated rings. The standard InChI is InChI=1S/C16H23BrClN3/c1-10(2)15(9-20(4)5)21-14-7-6-12(17)8-13(14)19-16(21)11(3)18/h6-8,10-11,15H,9H2,1-5H3. The van der Waals surface area contributed by atoms with Gasteiger partial charge in [0, 0.05) is 11.0 Å². The summed E-state index contributed by atoms with van der Waals surface area (Å²) in [6.07, 6.45) is 0. The maximum absolute atomic E-state index is 6.40. The number of imidazole rings is 1. The largest absolute Gasteiger partial charge is 0.322 e. The third-order valence-corrected chi connectivity index (χ3v) is 4.38. The molecule has 2 atom stereocenters. The Labute approximate surface area is 140 Å². The van der Waals surface area contributed by atoms with Gasteiger partial charge in [-0.3, -0.25) is 0 Å². The first-order valence-corrected chi connectivity index (χ1v) is 8.50. The van der Waals surface area contributed by atoms with Crippen LogP contribution in [0.5, 0.6) is 0 Å². The summed E-state index contributed by atoms with van der Waals surface area (Å²) in [4.78, 5) is 6.99. The second kappa shape index (κ2) is 6.67. The fourth-order valence-electron chi connectivity index (χ4n) is 2.68. The Kier molecular flexibility index (Phi) is 5.33. The van der Waals surface area contributed by atoms with Gasteiger partial charge in [0.05, 0.1) is 22.5 Å². The van der Waals surface area contributed by atoms with Crippen molar-refractivity contribution in [3.05, 3.63) is 28.5 Å². The first-order valence-electron chi connectivity index (χ1n) is 7.27. The van der Waals surface area contributed by atoms with Crippen molar-refractivity contribution in [2.45, 2.75) is 32.2 Å². The van der Waals surface area contributed by atoms with E-state index in [4.69, 9.17) is 16.6 Å². The minimum absolute atomic E-state index is 0.111. The molecule has 0 radical (unpaired) electrons. The van der Waals surface area contributed by atoms with E-state index >= 15 is 0 Å². The molecule has 0 saturated heterocycles. The Morgan fingerprint density at radius 2 is 1.95 bits per heavy atom. The van der Waals surface area contributed by atoms with Crippen LogP contribution in [0.1, 0.15) is 38.0 Å². The molecule has 3 nitrogen and oxygen atoms in total. The van der Waals surface area contributed by atoms with Crippen LogP contribution >= 0.6 is 27.5 Å². The molecule has 1 heterocycles. The van der Waals surface area contributed by atoms with Crippen molar-refractivity contribution in [3.8, 4) is 0 Å². The zero-order valence-corrected chi connectivity index (χ0v) is 15.6. The van der Waals surface area contributed by atoms with Gasteiger partial charge in [0.25, 0.3) is 0 Å². The van der Waals surface area contributed by atoms with Gasteiger partial charge in [0.1, 0.15) is 5.82 Å². The van der Waals surface area contributed by atoms with Gasteiger partial charge >= 0.3 is 0 Å². The number of fused-ring (bicyclic) bond motifs is 1. The summed E-state index contributed by atoms with van der Waals surface area (Å²) in [6.45, 7) is 7.46. The Bertz CT molecular complexity index is 619. The van der Waals surface area contributed by atoms with Crippen LogP contribution in [0.2, 0.25) is 0 Å². The normalized spacial score (nSPS) is 15.1. The van der Waals surface area contributed by atoms with Gasteiger partial charge in [0.2, 0.25) is 0 Å². The van der Waals surface area contributed by atoms with E-state index in [0.717, 1.165) is 27.9 Å². The molecule has 0 spiro atoms. The van der Waals surface area contributed by atoms with E-state index < -0.39 is 0 Å². The quantitative estimate of drug-likeness (QED) is 0.699. The van der Waals surface area contributed by atoms with Crippen molar-refractivity contribution in [1.82, 2.24) is 14.5 Å². The van der Waals surface area contributed by atoms with Crippen molar-refractivity contribution in [2.75, 3.05) is 20.6 Å². The van der Waals surface area contributed by atoms with Crippen LogP contribution in [0.4, 0.5) is 0 Å². The molecule has 1 aromatic carbocycles. The summed E-state index contributed by atoms with van der Waals surface area (Å²) in [5.41, 5.74) is 2.15. The van der Waals surface area contributed by atoms with Crippen molar-refractivity contribution in [1.29, 1.82) is 0 Å². The lowest BCUT2D eigenvalue weighted by Gasteiger charge is -2.28. The highest BCUT2D eigenvalue weighted by molar-refractivity contribution is 9.10. The summed E-state index contributed by atoms with van der Waals surface area (Å²) < 4.78 is 3.37. The highest BCUT2D eigenvalue weighted by Gasteiger charge is 2.24. The van der Waals surface area contributed by atoms with E-state index in [1.54, 1.807) is 0 Å². The fourth-order valence-corrected chi connectivity index (χ4v) is 3.19. The van der Waals surface area contributed by atoms with Crippen LogP contribution < -0.4 is 0 Å². The van der Waals surface area contributed by atoms with E-state index in [2.05, 4.69) is 71.5 Å². The van der Waals surface area contributed by atoms with Crippen LogP contribution in [0.15, 0.2) is 22.7 Å². The van der Waals surface area contributed by atoms with Gasteiger partial charge in [0.15, 0.2) is 0 Å². The minimum atomic E-state index is -0.111. The molecular formula is C16H23BrClN3. The van der Waals surface area contributed by atoms with E-state index in [0.29, 0.717) is 12.0 Å². The van der Waals surface area contributed by atoms with Crippen molar-refractivity contribution >= 4 is 38.6 Å². The predicted molar refractivity (Wildman–Crippen MR) is 94.1 cm³/mol. The average molecular weight is 373 g/mol. The number of likely N-dealkylation sites (N-methyl/N-ethyl adjacent to an activating group) is 1. The zero-order valence-electron chi connectivity index (χ0n) is 13.3. The monoisotopic (exact) mass is 371 g/mol. The number of alkyl halides is 1. The molecule has 2 rings (SSSR count). The summed E-state index contributed by atoms with van der Waals surface area (Å²) >= 11 is 9.92. The Morgan fingerprint density at radius 1 is 1.29 bits per heavy atom. The van der Waals surface area contributed by atoms with Gasteiger partial charge < -0.3 is 9.47 Å². The van der Waals surface area contributed by atoms with Gasteiger partial charge in [-0.2, -0.15) is 0 Å². The van der Waals surface area contributed by atoms with Crippen LogP contribution in [0.25, 0.3) is 11.0 Å². The van der Waals surface area contributed by atoms with Gasteiger partial charge in [-0.25, -0.2) is 4.98 Å². The second-order valence-electron chi connectivity index (χ2n) is 6.16. The highest BCUT2D eigenvalue weighted by Crippen LogP contribution is 2.32. The van der Waals surface area contributed by atoms with Crippen LogP contribution in [0.3, 0.4) is 0 Å². The SMILES string of the molecule is CC(Cl)c1nc2cc(Br)ccc2n1C(CN(C)C)C(C)C. The molecule has 0 amide bonds. The number of hydrogen-bond acceptors (Lipinski definition) is 2. The number of benzene rings is 1. The lowest BCUT2D eigenvalue weighted by Crippen LogP contribution is -2.29. The molecule has 2 aromatic rings. The first-order chi connectivity index (χ1) is 9.81. The van der Waals surface area contributed by atoms with Gasteiger partial charge in [-0.05, 0) is 45.1 Å². The molecule has 0 N–H and O–H groups in total. The second-order valence-corrected chi connectivity index (χ2v) is 7.73. The molecule has 1 aromatic heterocycles. The van der Waals surface area contributed by atoms with Crippen LogP contribution in [0, 0.1) is 5.92 Å². The average Bonchev–Trinajstić information content (AvgIpc) is 2.73. The molecule has 5 heteroatoms. The first kappa shape index (κ1) is 16.8. The van der Waals surface area contributed by atoms with Crippen molar-refractivity contribution < 1.29 is 0 Å². The van der Waals surface area contributed by atoms with Crippen molar-refractivity contribution in [2.24, 2.45) is 5.92 Å². The number of rotatable bonds is 5. The number of aromatic nitrogens is 2. The van der Waals surface area contributed by atoms with E-state index in [9.17, 15) is 0 Å². The summed E-state index contributed by atoms with van der Waals surface area (Å²) in [7, 11) is 4.21. The predicted octanol–water partition coefficient (Wildman–Crippen LogP) is 4.86. The van der Waals surface area contributed by atoms with E-state index in [1.165, 1.54) is 0 Å². The lowest BCUT2D eigenvalue weighted by molar-refractivity contribution is 0.269. The Morgan fingerprint density at radius 3 is 2.48 bits per heavy atom. The van der Waals surface area contributed by atoms with E-state index in [-0.39, 0.29) is 5.38 Å².